The molecule has 4 bridgehead atoms. The summed E-state index contributed by atoms with van der Waals surface area (Å²) >= 11 is 0. The Balaban J connectivity index is 1.04. The summed E-state index contributed by atoms with van der Waals surface area (Å²) in [6, 6.07) is 8.31. The summed E-state index contributed by atoms with van der Waals surface area (Å²) in [7, 11) is 1.70. The van der Waals surface area contributed by atoms with Gasteiger partial charge in [-0.2, -0.15) is 0 Å². The number of hydrogen-bond donors (Lipinski definition) is 2. The largest absolute Gasteiger partial charge is 0.497 e. The lowest BCUT2D eigenvalue weighted by molar-refractivity contribution is -0.146. The van der Waals surface area contributed by atoms with Crippen molar-refractivity contribution in [1.29, 1.82) is 0 Å². The summed E-state index contributed by atoms with van der Waals surface area (Å²) in [6.07, 6.45) is 12.2. The molecule has 4 aliphatic carbocycles. The standard InChI is InChI=1S/C25H38N2O2/c1-29-23-7-5-19(6-8-23)9-12-26-10-3-2-4-11-27-24(28)25-16-20-13-21(17-25)15-22(14-20)18-25/h5-8,20-22,26H,2-4,9-18H2,1H3,(H,27,28). The van der Waals surface area contributed by atoms with Gasteiger partial charge in [-0.15, -0.1) is 0 Å². The second kappa shape index (κ2) is 9.51. The number of methoxy groups -OCH3 is 1. The second-order valence-corrected chi connectivity index (χ2v) is 9.86. The average Bonchev–Trinajstić information content (AvgIpc) is 2.72. The Kier molecular flexibility index (Phi) is 6.79. The molecule has 5 rings (SSSR count). The van der Waals surface area contributed by atoms with Crippen LogP contribution in [0.3, 0.4) is 0 Å². The van der Waals surface area contributed by atoms with Gasteiger partial charge in [0.2, 0.25) is 5.91 Å². The van der Waals surface area contributed by atoms with Crippen molar-refractivity contribution in [3.63, 3.8) is 0 Å². The Bertz CT molecular complexity index is 635. The fourth-order valence-corrected chi connectivity index (χ4v) is 6.48. The van der Waals surface area contributed by atoms with E-state index in [0.717, 1.165) is 56.0 Å². The number of unbranched alkanes of at least 4 members (excludes halogenated alkanes) is 2. The van der Waals surface area contributed by atoms with Crippen molar-refractivity contribution in [3.8, 4) is 5.75 Å². The van der Waals surface area contributed by atoms with E-state index in [0.29, 0.717) is 5.91 Å². The van der Waals surface area contributed by atoms with Gasteiger partial charge in [-0.3, -0.25) is 4.79 Å². The van der Waals surface area contributed by atoms with Crippen LogP contribution >= 0.6 is 0 Å². The van der Waals surface area contributed by atoms with Crippen LogP contribution in [0, 0.1) is 23.2 Å². The van der Waals surface area contributed by atoms with E-state index in [1.165, 1.54) is 56.9 Å². The molecule has 1 aromatic rings. The van der Waals surface area contributed by atoms with Gasteiger partial charge in [0.25, 0.3) is 0 Å². The minimum absolute atomic E-state index is 0.0117. The predicted molar refractivity (Wildman–Crippen MR) is 117 cm³/mol. The van der Waals surface area contributed by atoms with E-state index in [2.05, 4.69) is 22.8 Å². The quantitative estimate of drug-likeness (QED) is 0.546. The molecule has 0 saturated heterocycles. The maximum absolute atomic E-state index is 12.9. The first-order chi connectivity index (χ1) is 14.2. The van der Waals surface area contributed by atoms with Crippen LogP contribution in [0.15, 0.2) is 24.3 Å². The molecule has 2 N–H and O–H groups in total. The van der Waals surface area contributed by atoms with E-state index in [4.69, 9.17) is 4.74 Å². The third-order valence-electron chi connectivity index (χ3n) is 7.59. The van der Waals surface area contributed by atoms with Crippen molar-refractivity contribution in [2.24, 2.45) is 23.2 Å². The highest BCUT2D eigenvalue weighted by atomic mass is 16.5. The third-order valence-corrected chi connectivity index (χ3v) is 7.59. The first-order valence-corrected chi connectivity index (χ1v) is 11.8. The van der Waals surface area contributed by atoms with Crippen molar-refractivity contribution in [1.82, 2.24) is 10.6 Å². The summed E-state index contributed by atoms with van der Waals surface area (Å²) in [4.78, 5) is 12.9. The highest BCUT2D eigenvalue weighted by Crippen LogP contribution is 2.60. The van der Waals surface area contributed by atoms with Gasteiger partial charge in [-0.25, -0.2) is 0 Å². The smallest absolute Gasteiger partial charge is 0.226 e. The molecule has 0 unspecified atom stereocenters. The Hall–Kier alpha value is -1.55. The molecule has 1 aromatic carbocycles. The second-order valence-electron chi connectivity index (χ2n) is 9.86. The van der Waals surface area contributed by atoms with Crippen LogP contribution in [-0.2, 0) is 11.2 Å². The first kappa shape index (κ1) is 20.7. The highest BCUT2D eigenvalue weighted by Gasteiger charge is 2.54. The molecule has 0 aromatic heterocycles. The third kappa shape index (κ3) is 5.14. The summed E-state index contributed by atoms with van der Waals surface area (Å²) < 4.78 is 5.19. The summed E-state index contributed by atoms with van der Waals surface area (Å²) in [6.45, 7) is 2.92. The lowest BCUT2D eigenvalue weighted by atomic mass is 9.49. The molecule has 4 fully saturated rings. The molecule has 29 heavy (non-hydrogen) atoms. The predicted octanol–water partition coefficient (Wildman–Crippen LogP) is 4.33. The van der Waals surface area contributed by atoms with Gasteiger partial charge in [0, 0.05) is 12.0 Å². The fraction of sp³-hybridized carbons (Fsp3) is 0.720. The maximum atomic E-state index is 12.9. The molecule has 1 amide bonds. The molecule has 0 radical (unpaired) electrons. The lowest BCUT2D eigenvalue weighted by Crippen LogP contribution is -2.53. The monoisotopic (exact) mass is 398 g/mol. The normalized spacial score (nSPS) is 29.8. The average molecular weight is 399 g/mol. The Morgan fingerprint density at radius 1 is 0.931 bits per heavy atom. The highest BCUT2D eigenvalue weighted by molar-refractivity contribution is 5.83. The molecule has 4 aliphatic rings. The van der Waals surface area contributed by atoms with Crippen LogP contribution in [0.2, 0.25) is 0 Å². The SMILES string of the molecule is COc1ccc(CCNCCCCCNC(=O)C23CC4CC(CC(C4)C2)C3)cc1. The van der Waals surface area contributed by atoms with E-state index in [1.807, 2.05) is 12.1 Å². The van der Waals surface area contributed by atoms with Gasteiger partial charge in [-0.05, 0) is 106 Å². The van der Waals surface area contributed by atoms with Crippen molar-refractivity contribution in [2.75, 3.05) is 26.7 Å². The summed E-state index contributed by atoms with van der Waals surface area (Å²) in [5, 5.41) is 6.84. The topological polar surface area (TPSA) is 50.4 Å². The zero-order valence-electron chi connectivity index (χ0n) is 18.1. The van der Waals surface area contributed by atoms with E-state index in [1.54, 1.807) is 7.11 Å². The number of amides is 1. The fourth-order valence-electron chi connectivity index (χ4n) is 6.48. The molecule has 4 nitrogen and oxygen atoms in total. The number of hydrogen-bond acceptors (Lipinski definition) is 3. The van der Waals surface area contributed by atoms with Crippen molar-refractivity contribution in [3.05, 3.63) is 29.8 Å². The molecule has 0 heterocycles. The molecule has 4 saturated carbocycles. The number of rotatable bonds is 11. The van der Waals surface area contributed by atoms with Crippen LogP contribution in [-0.4, -0.2) is 32.7 Å². The lowest BCUT2D eigenvalue weighted by Gasteiger charge is -2.55. The zero-order valence-corrected chi connectivity index (χ0v) is 18.1. The van der Waals surface area contributed by atoms with Gasteiger partial charge in [-0.1, -0.05) is 18.6 Å². The minimum Gasteiger partial charge on any atom is -0.497 e. The van der Waals surface area contributed by atoms with E-state index < -0.39 is 0 Å². The van der Waals surface area contributed by atoms with Crippen LogP contribution in [0.5, 0.6) is 5.75 Å². The van der Waals surface area contributed by atoms with Crippen LogP contribution in [0.25, 0.3) is 0 Å². The summed E-state index contributed by atoms with van der Waals surface area (Å²) in [5.41, 5.74) is 1.35. The first-order valence-electron chi connectivity index (χ1n) is 11.8. The molecule has 160 valence electrons. The van der Waals surface area contributed by atoms with Crippen molar-refractivity contribution in [2.45, 2.75) is 64.2 Å². The molecular weight excluding hydrogens is 360 g/mol. The van der Waals surface area contributed by atoms with E-state index >= 15 is 0 Å². The number of nitrogens with one attached hydrogen (secondary N) is 2. The van der Waals surface area contributed by atoms with Crippen molar-refractivity contribution >= 4 is 5.91 Å². The van der Waals surface area contributed by atoms with Gasteiger partial charge in [0.15, 0.2) is 0 Å². The zero-order chi connectivity index (χ0) is 20.1. The van der Waals surface area contributed by atoms with E-state index in [9.17, 15) is 4.79 Å². The van der Waals surface area contributed by atoms with Crippen molar-refractivity contribution < 1.29 is 9.53 Å². The molecule has 4 heteroatoms. The number of carbonyl (C=O) groups is 1. The number of carbonyl (C=O) groups excluding carboxylic acids is 1. The molecule has 0 atom stereocenters. The van der Waals surface area contributed by atoms with E-state index in [-0.39, 0.29) is 5.41 Å². The maximum Gasteiger partial charge on any atom is 0.226 e. The number of ether oxygens (including phenoxy) is 1. The Morgan fingerprint density at radius 2 is 1.55 bits per heavy atom. The van der Waals surface area contributed by atoms with Gasteiger partial charge < -0.3 is 15.4 Å². The Labute approximate surface area is 176 Å². The minimum atomic E-state index is 0.0117. The molecular formula is C25H38N2O2. The molecule has 0 aliphatic heterocycles. The van der Waals surface area contributed by atoms with Gasteiger partial charge >= 0.3 is 0 Å². The Morgan fingerprint density at radius 3 is 2.17 bits per heavy atom. The van der Waals surface area contributed by atoms with Gasteiger partial charge in [0.1, 0.15) is 5.75 Å². The van der Waals surface area contributed by atoms with Crippen LogP contribution in [0.4, 0.5) is 0 Å². The van der Waals surface area contributed by atoms with Crippen LogP contribution < -0.4 is 15.4 Å². The number of benzene rings is 1. The van der Waals surface area contributed by atoms with Crippen LogP contribution in [0.1, 0.15) is 63.4 Å². The molecule has 0 spiro atoms. The van der Waals surface area contributed by atoms with Gasteiger partial charge in [0.05, 0.1) is 7.11 Å². The summed E-state index contributed by atoms with van der Waals surface area (Å²) in [5.74, 6) is 3.83.